The van der Waals surface area contributed by atoms with E-state index in [0.717, 1.165) is 38.5 Å². The number of hydrogen-bond acceptors (Lipinski definition) is 7. The standard InChI is InChI=1S/C22H36FN5O3/c1-4-5-10-17(13-23)31-18-11-12-19(26-14-18)21(24)20(28(3)25)15-30-22(29)27(2)16-8-6-7-9-16/h11-12,14,16-17H,4-10,13,15,24-25H2,1-3H3/b21-20-. The molecule has 1 aliphatic rings. The average Bonchev–Trinajstić information content (AvgIpc) is 3.31. The number of pyridine rings is 1. The third-order valence-corrected chi connectivity index (χ3v) is 5.60. The van der Waals surface area contributed by atoms with E-state index in [4.69, 9.17) is 21.1 Å². The maximum atomic E-state index is 13.1. The number of likely N-dealkylation sites (N-methyl/N-ethyl adjacent to an activating group) is 1. The van der Waals surface area contributed by atoms with Gasteiger partial charge in [-0.25, -0.2) is 15.0 Å². The fourth-order valence-corrected chi connectivity index (χ4v) is 3.59. The van der Waals surface area contributed by atoms with Crippen molar-refractivity contribution in [2.75, 3.05) is 27.4 Å². The molecule has 0 aliphatic heterocycles. The first-order valence-electron chi connectivity index (χ1n) is 10.9. The minimum absolute atomic E-state index is 0.0738. The predicted octanol–water partition coefficient (Wildman–Crippen LogP) is 3.43. The van der Waals surface area contributed by atoms with E-state index in [2.05, 4.69) is 11.9 Å². The van der Waals surface area contributed by atoms with Crippen LogP contribution in [-0.4, -0.2) is 60.5 Å². The molecule has 9 heteroatoms. The predicted molar refractivity (Wildman–Crippen MR) is 119 cm³/mol. The Morgan fingerprint density at radius 2 is 2.03 bits per heavy atom. The highest BCUT2D eigenvalue weighted by Crippen LogP contribution is 2.23. The normalized spacial score (nSPS) is 15.9. The van der Waals surface area contributed by atoms with Crippen molar-refractivity contribution in [3.63, 3.8) is 0 Å². The van der Waals surface area contributed by atoms with E-state index in [1.807, 2.05) is 0 Å². The first-order valence-corrected chi connectivity index (χ1v) is 10.9. The number of nitrogens with zero attached hydrogens (tertiary/aromatic N) is 3. The molecule has 1 saturated carbocycles. The quantitative estimate of drug-likeness (QED) is 0.403. The molecule has 1 aromatic heterocycles. The van der Waals surface area contributed by atoms with E-state index in [-0.39, 0.29) is 12.6 Å². The third-order valence-electron chi connectivity index (χ3n) is 5.60. The molecule has 1 aromatic rings. The summed E-state index contributed by atoms with van der Waals surface area (Å²) in [4.78, 5) is 18.3. The maximum Gasteiger partial charge on any atom is 0.410 e. The molecule has 0 saturated heterocycles. The van der Waals surface area contributed by atoms with Crippen molar-refractivity contribution >= 4 is 11.8 Å². The van der Waals surface area contributed by atoms with Crippen LogP contribution >= 0.6 is 0 Å². The summed E-state index contributed by atoms with van der Waals surface area (Å²) >= 11 is 0. The zero-order valence-electron chi connectivity index (χ0n) is 18.8. The number of halogens is 1. The summed E-state index contributed by atoms with van der Waals surface area (Å²) in [6, 6.07) is 3.58. The van der Waals surface area contributed by atoms with Gasteiger partial charge in [0.25, 0.3) is 0 Å². The fraction of sp³-hybridized carbons (Fsp3) is 0.636. The van der Waals surface area contributed by atoms with E-state index in [1.165, 1.54) is 11.2 Å². The second-order valence-electron chi connectivity index (χ2n) is 7.99. The molecule has 1 atom stereocenters. The van der Waals surface area contributed by atoms with Gasteiger partial charge >= 0.3 is 6.09 Å². The lowest BCUT2D eigenvalue weighted by atomic mass is 10.2. The SMILES string of the molecule is CCCCC(CF)Oc1ccc(/C(N)=C(\COC(=O)N(C)C2CCCC2)N(C)N)nc1. The minimum Gasteiger partial charge on any atom is -0.486 e. The summed E-state index contributed by atoms with van der Waals surface area (Å²) in [6.45, 7) is 1.43. The van der Waals surface area contributed by atoms with Gasteiger partial charge in [0.15, 0.2) is 0 Å². The Hall–Kier alpha value is -2.55. The van der Waals surface area contributed by atoms with Crippen molar-refractivity contribution in [3.8, 4) is 5.75 Å². The number of carbonyl (C=O) groups is 1. The number of rotatable bonds is 11. The van der Waals surface area contributed by atoms with E-state index < -0.39 is 18.9 Å². The molecule has 1 heterocycles. The highest BCUT2D eigenvalue weighted by molar-refractivity contribution is 5.69. The van der Waals surface area contributed by atoms with Crippen molar-refractivity contribution in [2.45, 2.75) is 64.0 Å². The lowest BCUT2D eigenvalue weighted by Gasteiger charge is -2.25. The number of ether oxygens (including phenoxy) is 2. The van der Waals surface area contributed by atoms with Crippen LogP contribution in [0.15, 0.2) is 24.0 Å². The first kappa shape index (κ1) is 24.7. The van der Waals surface area contributed by atoms with E-state index in [9.17, 15) is 9.18 Å². The van der Waals surface area contributed by atoms with Crippen molar-refractivity contribution in [3.05, 3.63) is 29.7 Å². The molecule has 0 radical (unpaired) electrons. The summed E-state index contributed by atoms with van der Waals surface area (Å²) in [7, 11) is 3.37. The molecular formula is C22H36FN5O3. The van der Waals surface area contributed by atoms with Crippen LogP contribution in [0.4, 0.5) is 9.18 Å². The fourth-order valence-electron chi connectivity index (χ4n) is 3.59. The molecule has 0 spiro atoms. The lowest BCUT2D eigenvalue weighted by Crippen LogP contribution is -2.37. The van der Waals surface area contributed by atoms with Crippen molar-refractivity contribution in [1.82, 2.24) is 14.9 Å². The smallest absolute Gasteiger partial charge is 0.410 e. The van der Waals surface area contributed by atoms with Gasteiger partial charge in [0.1, 0.15) is 25.1 Å². The van der Waals surface area contributed by atoms with Gasteiger partial charge in [0, 0.05) is 20.1 Å². The molecule has 2 rings (SSSR count). The van der Waals surface area contributed by atoms with Crippen LogP contribution < -0.4 is 16.3 Å². The minimum atomic E-state index is -0.549. The Bertz CT molecular complexity index is 720. The molecule has 31 heavy (non-hydrogen) atoms. The van der Waals surface area contributed by atoms with Crippen molar-refractivity contribution in [1.29, 1.82) is 0 Å². The van der Waals surface area contributed by atoms with E-state index in [1.54, 1.807) is 31.1 Å². The van der Waals surface area contributed by atoms with E-state index >= 15 is 0 Å². The van der Waals surface area contributed by atoms with Crippen LogP contribution in [-0.2, 0) is 4.74 Å². The monoisotopic (exact) mass is 437 g/mol. The second kappa shape index (κ2) is 12.3. The van der Waals surface area contributed by atoms with Gasteiger partial charge in [-0.15, -0.1) is 0 Å². The Kier molecular flexibility index (Phi) is 9.84. The summed E-state index contributed by atoms with van der Waals surface area (Å²) in [5.41, 5.74) is 7.44. The highest BCUT2D eigenvalue weighted by atomic mass is 19.1. The Morgan fingerprint density at radius 3 is 2.58 bits per heavy atom. The highest BCUT2D eigenvalue weighted by Gasteiger charge is 2.25. The molecule has 1 unspecified atom stereocenters. The molecular weight excluding hydrogens is 401 g/mol. The summed E-state index contributed by atoms with van der Waals surface area (Å²) in [6.07, 6.45) is 7.39. The van der Waals surface area contributed by atoms with Crippen molar-refractivity contribution < 1.29 is 18.7 Å². The van der Waals surface area contributed by atoms with Gasteiger partial charge in [-0.1, -0.05) is 26.2 Å². The van der Waals surface area contributed by atoms with Crippen LogP contribution in [0.1, 0.15) is 57.6 Å². The number of carbonyl (C=O) groups excluding carboxylic acids is 1. The molecule has 174 valence electrons. The third kappa shape index (κ3) is 7.27. The summed E-state index contributed by atoms with van der Waals surface area (Å²) in [5.74, 6) is 6.39. The van der Waals surface area contributed by atoms with Gasteiger partial charge in [0.05, 0.1) is 23.3 Å². The maximum absolute atomic E-state index is 13.1. The Balaban J connectivity index is 2.03. The topological polar surface area (TPSA) is 107 Å². The number of unbranched alkanes of at least 4 members (excludes halogenated alkanes) is 1. The molecule has 0 bridgehead atoms. The van der Waals surface area contributed by atoms with E-state index in [0.29, 0.717) is 29.3 Å². The van der Waals surface area contributed by atoms with Crippen LogP contribution in [0.5, 0.6) is 5.75 Å². The number of aromatic nitrogens is 1. The number of hydrazine groups is 1. The number of alkyl halides is 1. The zero-order valence-corrected chi connectivity index (χ0v) is 18.8. The molecule has 4 N–H and O–H groups in total. The van der Waals surface area contributed by atoms with Gasteiger partial charge < -0.3 is 25.1 Å². The molecule has 8 nitrogen and oxygen atoms in total. The number of amides is 1. The Morgan fingerprint density at radius 1 is 1.32 bits per heavy atom. The first-order chi connectivity index (χ1) is 14.9. The molecule has 1 amide bonds. The van der Waals surface area contributed by atoms with Gasteiger partial charge in [-0.2, -0.15) is 0 Å². The van der Waals surface area contributed by atoms with Crippen molar-refractivity contribution in [2.24, 2.45) is 11.6 Å². The zero-order chi connectivity index (χ0) is 22.8. The Labute approximate surface area is 184 Å². The van der Waals surface area contributed by atoms with Gasteiger partial charge in [-0.05, 0) is 37.8 Å². The largest absolute Gasteiger partial charge is 0.486 e. The summed E-state index contributed by atoms with van der Waals surface area (Å²) in [5, 5.41) is 1.31. The van der Waals surface area contributed by atoms with Gasteiger partial charge in [-0.3, -0.25) is 4.98 Å². The number of nitrogens with two attached hydrogens (primary N) is 2. The number of hydrogen-bond donors (Lipinski definition) is 2. The van der Waals surface area contributed by atoms with Crippen LogP contribution in [0.3, 0.4) is 0 Å². The van der Waals surface area contributed by atoms with Crippen LogP contribution in [0, 0.1) is 0 Å². The summed E-state index contributed by atoms with van der Waals surface area (Å²) < 4.78 is 24.2. The van der Waals surface area contributed by atoms with Gasteiger partial charge in [0.2, 0.25) is 0 Å². The molecule has 0 aromatic carbocycles. The molecule has 1 aliphatic carbocycles. The average molecular weight is 438 g/mol. The second-order valence-corrected chi connectivity index (χ2v) is 7.99. The molecule has 1 fully saturated rings. The van der Waals surface area contributed by atoms with Crippen LogP contribution in [0.25, 0.3) is 5.70 Å². The van der Waals surface area contributed by atoms with Crippen LogP contribution in [0.2, 0.25) is 0 Å². The lowest BCUT2D eigenvalue weighted by molar-refractivity contribution is 0.0999.